The molecule has 1 unspecified atom stereocenters. The van der Waals surface area contributed by atoms with Gasteiger partial charge in [-0.05, 0) is 17.7 Å². The molecule has 96 valence electrons. The smallest absolute Gasteiger partial charge is 0.318 e. The molecule has 0 saturated carbocycles. The number of aliphatic hydroxyl groups excluding tert-OH is 1. The van der Waals surface area contributed by atoms with Gasteiger partial charge in [-0.3, -0.25) is 0 Å². The number of carbonyl (C=O) groups is 1. The predicted molar refractivity (Wildman–Crippen MR) is 62.5 cm³/mol. The zero-order valence-electron chi connectivity index (χ0n) is 9.76. The first-order valence-electron chi connectivity index (χ1n) is 5.84. The summed E-state index contributed by atoms with van der Waals surface area (Å²) in [7, 11) is 0. The lowest BCUT2D eigenvalue weighted by molar-refractivity contribution is 0.173. The van der Waals surface area contributed by atoms with Gasteiger partial charge in [-0.1, -0.05) is 6.07 Å². The van der Waals surface area contributed by atoms with E-state index in [9.17, 15) is 4.79 Å². The van der Waals surface area contributed by atoms with Crippen LogP contribution in [0.3, 0.4) is 0 Å². The number of urea groups is 1. The van der Waals surface area contributed by atoms with Crippen molar-refractivity contribution in [3.63, 3.8) is 0 Å². The van der Waals surface area contributed by atoms with E-state index in [1.54, 1.807) is 4.90 Å². The molecule has 2 aliphatic heterocycles. The molecule has 6 nitrogen and oxygen atoms in total. The molecule has 0 aromatic heterocycles. The van der Waals surface area contributed by atoms with Crippen LogP contribution in [0.15, 0.2) is 18.2 Å². The van der Waals surface area contributed by atoms with E-state index in [4.69, 9.17) is 14.6 Å². The van der Waals surface area contributed by atoms with Gasteiger partial charge in [0, 0.05) is 13.1 Å². The fraction of sp³-hybridized carbons (Fsp3) is 0.417. The summed E-state index contributed by atoms with van der Waals surface area (Å²) in [5, 5.41) is 11.8. The lowest BCUT2D eigenvalue weighted by Crippen LogP contribution is -2.32. The van der Waals surface area contributed by atoms with Crippen LogP contribution >= 0.6 is 0 Å². The number of ether oxygens (including phenoxy) is 2. The minimum atomic E-state index is -0.147. The third-order valence-electron chi connectivity index (χ3n) is 3.21. The topological polar surface area (TPSA) is 71.0 Å². The van der Waals surface area contributed by atoms with Crippen LogP contribution in [-0.2, 0) is 0 Å². The van der Waals surface area contributed by atoms with Crippen molar-refractivity contribution in [2.75, 3.05) is 26.5 Å². The molecule has 0 radical (unpaired) electrons. The van der Waals surface area contributed by atoms with Crippen LogP contribution in [0.4, 0.5) is 4.79 Å². The number of nitrogens with zero attached hydrogens (tertiary/aromatic N) is 1. The maximum Gasteiger partial charge on any atom is 0.318 e. The number of hydrogen-bond acceptors (Lipinski definition) is 4. The third kappa shape index (κ3) is 1.74. The Balaban J connectivity index is 1.87. The van der Waals surface area contributed by atoms with E-state index >= 15 is 0 Å². The van der Waals surface area contributed by atoms with Crippen LogP contribution in [-0.4, -0.2) is 42.5 Å². The highest BCUT2D eigenvalue weighted by Crippen LogP contribution is 2.36. The summed E-state index contributed by atoms with van der Waals surface area (Å²) in [5.41, 5.74) is 0.978. The number of amides is 2. The number of fused-ring (bicyclic) bond motifs is 1. The molecule has 2 amide bonds. The number of nitrogens with one attached hydrogen (secondary N) is 1. The van der Waals surface area contributed by atoms with Gasteiger partial charge < -0.3 is 24.8 Å². The molecule has 18 heavy (non-hydrogen) atoms. The Bertz CT molecular complexity index is 477. The second-order valence-corrected chi connectivity index (χ2v) is 4.23. The number of β-amino-alcohol motifs (C(OH)–C–C–N with tert-alkyl or cyclic N) is 1. The summed E-state index contributed by atoms with van der Waals surface area (Å²) >= 11 is 0. The lowest BCUT2D eigenvalue weighted by Gasteiger charge is -2.22. The molecular weight excluding hydrogens is 236 g/mol. The van der Waals surface area contributed by atoms with E-state index in [1.165, 1.54) is 0 Å². The van der Waals surface area contributed by atoms with Gasteiger partial charge in [-0.15, -0.1) is 0 Å². The van der Waals surface area contributed by atoms with E-state index in [1.807, 2.05) is 18.2 Å². The molecule has 2 heterocycles. The number of benzene rings is 1. The minimum absolute atomic E-state index is 0.0472. The molecule has 0 aliphatic carbocycles. The van der Waals surface area contributed by atoms with E-state index in [-0.39, 0.29) is 25.5 Å². The highest BCUT2D eigenvalue weighted by molar-refractivity contribution is 5.77. The summed E-state index contributed by atoms with van der Waals surface area (Å²) < 4.78 is 10.6. The van der Waals surface area contributed by atoms with Crippen LogP contribution in [0.1, 0.15) is 11.6 Å². The van der Waals surface area contributed by atoms with Crippen molar-refractivity contribution in [2.45, 2.75) is 6.04 Å². The Morgan fingerprint density at radius 1 is 1.39 bits per heavy atom. The fourth-order valence-corrected chi connectivity index (χ4v) is 2.32. The van der Waals surface area contributed by atoms with Gasteiger partial charge in [0.05, 0.1) is 12.6 Å². The van der Waals surface area contributed by atoms with Crippen molar-refractivity contribution in [3.05, 3.63) is 23.8 Å². The molecule has 3 rings (SSSR count). The number of carbonyl (C=O) groups excluding carboxylic acids is 1. The summed E-state index contributed by atoms with van der Waals surface area (Å²) in [5.74, 6) is 1.43. The maximum atomic E-state index is 11.6. The molecule has 0 bridgehead atoms. The molecule has 2 N–H and O–H groups in total. The van der Waals surface area contributed by atoms with Crippen molar-refractivity contribution in [3.8, 4) is 11.5 Å². The molecule has 1 atom stereocenters. The fourth-order valence-electron chi connectivity index (χ4n) is 2.32. The molecule has 0 spiro atoms. The summed E-state index contributed by atoms with van der Waals surface area (Å²) in [6, 6.07) is 5.43. The Morgan fingerprint density at radius 2 is 2.22 bits per heavy atom. The summed E-state index contributed by atoms with van der Waals surface area (Å²) in [4.78, 5) is 13.3. The summed E-state index contributed by atoms with van der Waals surface area (Å²) in [6.45, 7) is 1.05. The molecular formula is C12H14N2O4. The van der Waals surface area contributed by atoms with Crippen molar-refractivity contribution in [1.29, 1.82) is 0 Å². The maximum absolute atomic E-state index is 11.6. The lowest BCUT2D eigenvalue weighted by atomic mass is 10.1. The zero-order valence-corrected chi connectivity index (χ0v) is 9.76. The van der Waals surface area contributed by atoms with E-state index in [2.05, 4.69) is 5.32 Å². The Labute approximate surface area is 104 Å². The second kappa shape index (κ2) is 4.38. The number of aliphatic hydroxyl groups is 1. The zero-order chi connectivity index (χ0) is 12.5. The van der Waals surface area contributed by atoms with Gasteiger partial charge in [0.15, 0.2) is 11.5 Å². The van der Waals surface area contributed by atoms with Crippen molar-refractivity contribution in [2.24, 2.45) is 0 Å². The molecule has 1 aromatic carbocycles. The Hall–Kier alpha value is -1.95. The van der Waals surface area contributed by atoms with Crippen LogP contribution in [0.5, 0.6) is 11.5 Å². The van der Waals surface area contributed by atoms with Gasteiger partial charge >= 0.3 is 6.03 Å². The number of hydrogen-bond donors (Lipinski definition) is 2. The van der Waals surface area contributed by atoms with E-state index in [0.29, 0.717) is 18.8 Å². The normalized spacial score (nSPS) is 21.3. The van der Waals surface area contributed by atoms with Gasteiger partial charge in [0.25, 0.3) is 0 Å². The van der Waals surface area contributed by atoms with Gasteiger partial charge in [0.1, 0.15) is 0 Å². The molecule has 1 fully saturated rings. The quantitative estimate of drug-likeness (QED) is 0.818. The first kappa shape index (κ1) is 11.2. The van der Waals surface area contributed by atoms with Crippen molar-refractivity contribution < 1.29 is 19.4 Å². The van der Waals surface area contributed by atoms with Crippen LogP contribution in [0.2, 0.25) is 0 Å². The third-order valence-corrected chi connectivity index (χ3v) is 3.21. The van der Waals surface area contributed by atoms with E-state index < -0.39 is 0 Å². The van der Waals surface area contributed by atoms with Crippen molar-refractivity contribution in [1.82, 2.24) is 10.2 Å². The van der Waals surface area contributed by atoms with Gasteiger partial charge in [0.2, 0.25) is 6.79 Å². The predicted octanol–water partition coefficient (Wildman–Crippen LogP) is 0.474. The minimum Gasteiger partial charge on any atom is -0.454 e. The second-order valence-electron chi connectivity index (χ2n) is 4.23. The molecule has 6 heteroatoms. The highest BCUT2D eigenvalue weighted by atomic mass is 16.7. The monoisotopic (exact) mass is 250 g/mol. The van der Waals surface area contributed by atoms with Crippen LogP contribution in [0.25, 0.3) is 0 Å². The Morgan fingerprint density at radius 3 is 3.06 bits per heavy atom. The van der Waals surface area contributed by atoms with Crippen molar-refractivity contribution >= 4 is 6.03 Å². The highest BCUT2D eigenvalue weighted by Gasteiger charge is 2.32. The first-order valence-corrected chi connectivity index (χ1v) is 5.84. The summed E-state index contributed by atoms with van der Waals surface area (Å²) in [6.07, 6.45) is 0. The standard InChI is InChI=1S/C12H14N2O4/c15-4-3-14-9(6-13-12(14)16)8-1-2-10-11(5-8)18-7-17-10/h1-2,5,9,15H,3-4,6-7H2,(H,13,16). The SMILES string of the molecule is O=C1NCC(c2ccc3c(c2)OCO3)N1CCO. The average Bonchev–Trinajstić information content (AvgIpc) is 2.97. The van der Waals surface area contributed by atoms with Gasteiger partial charge in [-0.25, -0.2) is 4.79 Å². The first-order chi connectivity index (χ1) is 8.79. The molecule has 1 aromatic rings. The average molecular weight is 250 g/mol. The van der Waals surface area contributed by atoms with Crippen LogP contribution < -0.4 is 14.8 Å². The molecule has 1 saturated heterocycles. The molecule has 2 aliphatic rings. The van der Waals surface area contributed by atoms with E-state index in [0.717, 1.165) is 11.3 Å². The van der Waals surface area contributed by atoms with Gasteiger partial charge in [-0.2, -0.15) is 0 Å². The largest absolute Gasteiger partial charge is 0.454 e. The Kier molecular flexibility index (Phi) is 2.71. The van der Waals surface area contributed by atoms with Crippen LogP contribution in [0, 0.1) is 0 Å². The number of rotatable bonds is 3.